The van der Waals surface area contributed by atoms with Crippen molar-refractivity contribution in [2.24, 2.45) is 0 Å². The van der Waals surface area contributed by atoms with Crippen molar-refractivity contribution < 1.29 is 22.8 Å². The number of aromatic amines is 1. The van der Waals surface area contributed by atoms with Gasteiger partial charge in [-0.05, 0) is 79.9 Å². The molecule has 6 rings (SSSR count). The number of nitrogens with zero attached hydrogens (tertiary/aromatic N) is 2. The van der Waals surface area contributed by atoms with Crippen LogP contribution in [-0.4, -0.2) is 47.4 Å². The van der Waals surface area contributed by atoms with Crippen molar-refractivity contribution in [3.8, 4) is 0 Å². The third kappa shape index (κ3) is 6.02. The third-order valence-corrected chi connectivity index (χ3v) is 8.43. The summed E-state index contributed by atoms with van der Waals surface area (Å²) in [5.41, 5.74) is 5.81. The van der Waals surface area contributed by atoms with Crippen LogP contribution in [0.25, 0.3) is 17.0 Å². The number of likely N-dealkylation sites (tertiary alicyclic amines) is 1. The summed E-state index contributed by atoms with van der Waals surface area (Å²) in [6.45, 7) is 4.51. The van der Waals surface area contributed by atoms with E-state index < -0.39 is 11.7 Å². The van der Waals surface area contributed by atoms with Crippen LogP contribution >= 0.6 is 0 Å². The van der Waals surface area contributed by atoms with Gasteiger partial charge in [-0.1, -0.05) is 24.3 Å². The van der Waals surface area contributed by atoms with Crippen molar-refractivity contribution >= 4 is 34.5 Å². The molecule has 2 N–H and O–H groups in total. The van der Waals surface area contributed by atoms with E-state index in [1.807, 2.05) is 31.2 Å². The molecule has 0 atom stereocenters. The van der Waals surface area contributed by atoms with Gasteiger partial charge in [-0.2, -0.15) is 13.2 Å². The number of rotatable bonds is 5. The van der Waals surface area contributed by atoms with Crippen molar-refractivity contribution in [3.05, 3.63) is 106 Å². The number of H-pyrrole nitrogens is 1. The number of halogens is 3. The number of hydrogen-bond donors (Lipinski definition) is 2. The van der Waals surface area contributed by atoms with Gasteiger partial charge in [0.1, 0.15) is 0 Å². The minimum atomic E-state index is -4.44. The topological polar surface area (TPSA) is 68.4 Å². The number of carbonyl (C=O) groups excluding carboxylic acids is 2. The smallest absolute Gasteiger partial charge is 0.367 e. The highest BCUT2D eigenvalue weighted by Crippen LogP contribution is 2.32. The number of fused-ring (bicyclic) bond motifs is 3. The maximum atomic E-state index is 13.3. The van der Waals surface area contributed by atoms with Crippen LogP contribution in [0.4, 0.5) is 18.9 Å². The fourth-order valence-electron chi connectivity index (χ4n) is 6.04. The van der Waals surface area contributed by atoms with Gasteiger partial charge in [-0.3, -0.25) is 9.59 Å². The maximum absolute atomic E-state index is 13.3. The number of alkyl halides is 3. The Morgan fingerprint density at radius 2 is 1.63 bits per heavy atom. The van der Waals surface area contributed by atoms with E-state index in [0.29, 0.717) is 31.5 Å². The summed E-state index contributed by atoms with van der Waals surface area (Å²) in [5.74, 6) is -0.458. The Balaban J connectivity index is 1.09. The Hall–Kier alpha value is -4.53. The molecule has 0 radical (unpaired) electrons. The molecular weight excluding hydrogens is 553 g/mol. The molecule has 0 aliphatic carbocycles. The molecule has 2 aliphatic heterocycles. The summed E-state index contributed by atoms with van der Waals surface area (Å²) < 4.78 is 38.6. The summed E-state index contributed by atoms with van der Waals surface area (Å²) >= 11 is 0. The first-order valence-electron chi connectivity index (χ1n) is 14.6. The first-order chi connectivity index (χ1) is 20.7. The number of carbonyl (C=O) groups is 2. The molecule has 0 bridgehead atoms. The zero-order chi connectivity index (χ0) is 30.1. The molecule has 3 aromatic carbocycles. The first-order valence-corrected chi connectivity index (χ1v) is 14.6. The Morgan fingerprint density at radius 3 is 2.30 bits per heavy atom. The van der Waals surface area contributed by atoms with Crippen molar-refractivity contribution in [3.63, 3.8) is 0 Å². The molecule has 1 fully saturated rings. The highest BCUT2D eigenvalue weighted by molar-refractivity contribution is 5.99. The second-order valence-electron chi connectivity index (χ2n) is 11.2. The Morgan fingerprint density at radius 1 is 0.930 bits per heavy atom. The molecule has 0 unspecified atom stereocenters. The fourth-order valence-corrected chi connectivity index (χ4v) is 6.04. The lowest BCUT2D eigenvalue weighted by Crippen LogP contribution is -2.46. The van der Waals surface area contributed by atoms with E-state index in [-0.39, 0.29) is 23.4 Å². The van der Waals surface area contributed by atoms with Crippen molar-refractivity contribution in [2.45, 2.75) is 44.9 Å². The van der Waals surface area contributed by atoms with Crippen LogP contribution in [-0.2, 0) is 19.1 Å². The van der Waals surface area contributed by atoms with E-state index >= 15 is 0 Å². The Labute approximate surface area is 248 Å². The second-order valence-corrected chi connectivity index (χ2v) is 11.2. The number of amides is 2. The Bertz CT molecular complexity index is 1670. The highest BCUT2D eigenvalue weighted by atomic mass is 19.4. The van der Waals surface area contributed by atoms with E-state index in [2.05, 4.69) is 45.5 Å². The monoisotopic (exact) mass is 586 g/mol. The molecule has 222 valence electrons. The number of allylic oxidation sites excluding steroid dienone is 1. The van der Waals surface area contributed by atoms with Crippen molar-refractivity contribution in [2.75, 3.05) is 24.5 Å². The van der Waals surface area contributed by atoms with Gasteiger partial charge in [0.25, 0.3) is 11.8 Å². The molecule has 2 aliphatic rings. The predicted octanol–water partition coefficient (Wildman–Crippen LogP) is 6.82. The number of aromatic nitrogens is 1. The van der Waals surface area contributed by atoms with Gasteiger partial charge in [0.05, 0.1) is 5.56 Å². The van der Waals surface area contributed by atoms with E-state index in [1.54, 1.807) is 4.90 Å². The molecule has 43 heavy (non-hydrogen) atoms. The normalized spacial score (nSPS) is 16.1. The zero-order valence-corrected chi connectivity index (χ0v) is 23.9. The van der Waals surface area contributed by atoms with Gasteiger partial charge in [0.2, 0.25) is 0 Å². The average Bonchev–Trinajstić information content (AvgIpc) is 3.38. The Kier molecular flexibility index (Phi) is 7.73. The van der Waals surface area contributed by atoms with Gasteiger partial charge in [0, 0.05) is 77.6 Å². The van der Waals surface area contributed by atoms with Gasteiger partial charge in [-0.15, -0.1) is 0 Å². The average molecular weight is 587 g/mol. The van der Waals surface area contributed by atoms with Gasteiger partial charge in [-0.25, -0.2) is 0 Å². The summed E-state index contributed by atoms with van der Waals surface area (Å²) in [5, 5.41) is 4.17. The van der Waals surface area contributed by atoms with Crippen LogP contribution in [0.2, 0.25) is 0 Å². The molecule has 1 saturated heterocycles. The quantitative estimate of drug-likeness (QED) is 0.270. The number of piperidine rings is 1. The molecule has 1 aromatic heterocycles. The van der Waals surface area contributed by atoms with Gasteiger partial charge in [0.15, 0.2) is 0 Å². The number of anilines is 1. The molecule has 0 spiro atoms. The van der Waals surface area contributed by atoms with Crippen LogP contribution in [0.3, 0.4) is 0 Å². The first kappa shape index (κ1) is 28.6. The lowest BCUT2D eigenvalue weighted by molar-refractivity contribution is -0.137. The molecule has 6 nitrogen and oxygen atoms in total. The standard InChI is InChI=1S/C34H33F3N4O2/c1-2-3-22-4-11-27(12-5-22)41-19-16-31-29(21-41)28-20-24(8-13-30(28)39-31)32(42)38-26-14-17-40(18-15-26)33(43)23-6-9-25(10-7-23)34(35,36)37/h2-13,20,26,39H,14-19,21H2,1H3,(H,38,42). The van der Waals surface area contributed by atoms with Crippen molar-refractivity contribution in [1.82, 2.24) is 15.2 Å². The predicted molar refractivity (Wildman–Crippen MR) is 162 cm³/mol. The lowest BCUT2D eigenvalue weighted by Gasteiger charge is -2.32. The minimum Gasteiger partial charge on any atom is -0.367 e. The summed E-state index contributed by atoms with van der Waals surface area (Å²) in [4.78, 5) is 33.6. The van der Waals surface area contributed by atoms with Crippen LogP contribution in [0.1, 0.15) is 62.9 Å². The molecule has 3 heterocycles. The third-order valence-electron chi connectivity index (χ3n) is 8.43. The molecule has 4 aromatic rings. The second kappa shape index (κ2) is 11.6. The van der Waals surface area contributed by atoms with Crippen LogP contribution in [0.15, 0.2) is 72.8 Å². The van der Waals surface area contributed by atoms with Gasteiger partial charge < -0.3 is 20.1 Å². The van der Waals surface area contributed by atoms with Crippen LogP contribution < -0.4 is 10.2 Å². The van der Waals surface area contributed by atoms with Crippen LogP contribution in [0.5, 0.6) is 0 Å². The van der Waals surface area contributed by atoms with E-state index in [9.17, 15) is 22.8 Å². The summed E-state index contributed by atoms with van der Waals surface area (Å²) in [7, 11) is 0. The largest absolute Gasteiger partial charge is 0.416 e. The summed E-state index contributed by atoms with van der Waals surface area (Å²) in [6, 6.07) is 18.5. The molecule has 2 amide bonds. The molecule has 0 saturated carbocycles. The number of benzene rings is 3. The fraction of sp³-hybridized carbons (Fsp3) is 0.294. The molecule has 9 heteroatoms. The zero-order valence-electron chi connectivity index (χ0n) is 23.9. The SMILES string of the molecule is CC=Cc1ccc(N2CCc3[nH]c4ccc(C(=O)NC5CCN(C(=O)c6ccc(C(F)(F)F)cc6)CC5)cc4c3C2)cc1. The number of hydrogen-bond acceptors (Lipinski definition) is 3. The lowest BCUT2D eigenvalue weighted by atomic mass is 10.0. The van der Waals surface area contributed by atoms with E-state index in [1.165, 1.54) is 34.6 Å². The minimum absolute atomic E-state index is 0.0963. The summed E-state index contributed by atoms with van der Waals surface area (Å²) in [6.07, 6.45) is 1.70. The molecular formula is C34H33F3N4O2. The van der Waals surface area contributed by atoms with Crippen LogP contribution in [0, 0.1) is 0 Å². The van der Waals surface area contributed by atoms with Crippen molar-refractivity contribution in [1.29, 1.82) is 0 Å². The van der Waals surface area contributed by atoms with E-state index in [4.69, 9.17) is 0 Å². The highest BCUT2D eigenvalue weighted by Gasteiger charge is 2.31. The van der Waals surface area contributed by atoms with E-state index in [0.717, 1.165) is 42.5 Å². The van der Waals surface area contributed by atoms with Gasteiger partial charge >= 0.3 is 6.18 Å². The number of nitrogens with one attached hydrogen (secondary N) is 2. The maximum Gasteiger partial charge on any atom is 0.416 e.